The van der Waals surface area contributed by atoms with Gasteiger partial charge in [0.25, 0.3) is 0 Å². The lowest BCUT2D eigenvalue weighted by Gasteiger charge is -2.23. The van der Waals surface area contributed by atoms with Crippen molar-refractivity contribution in [3.63, 3.8) is 0 Å². The summed E-state index contributed by atoms with van der Waals surface area (Å²) < 4.78 is 2.65. The van der Waals surface area contributed by atoms with Crippen molar-refractivity contribution >= 4 is 36.2 Å². The van der Waals surface area contributed by atoms with E-state index in [0.717, 1.165) is 10.4 Å². The second kappa shape index (κ2) is 17.0. The Morgan fingerprint density at radius 3 is 1.89 bits per heavy atom. The van der Waals surface area contributed by atoms with Gasteiger partial charge in [-0.05, 0) is 49.3 Å². The van der Waals surface area contributed by atoms with E-state index in [4.69, 9.17) is 0 Å². The van der Waals surface area contributed by atoms with Crippen LogP contribution in [0.3, 0.4) is 0 Å². The number of rotatable bonds is 15. The zero-order chi connectivity index (χ0) is 26.2. The fraction of sp³-hybridized carbons (Fsp3) is 0.486. The molecule has 0 aliphatic heterocycles. The average Bonchev–Trinajstić information content (AvgIpc) is 3.16. The number of unbranched alkanes of at least 4 members (excludes halogenated alkanes) is 8. The summed E-state index contributed by atoms with van der Waals surface area (Å²) in [5.74, 6) is 0. The topological polar surface area (TPSA) is 4.93 Å². The Morgan fingerprint density at radius 2 is 1.31 bits per heavy atom. The Kier molecular flexibility index (Phi) is 14.0. The van der Waals surface area contributed by atoms with Crippen LogP contribution in [0.2, 0.25) is 0 Å². The Labute approximate surface area is 221 Å². The third kappa shape index (κ3) is 8.84. The van der Waals surface area contributed by atoms with Crippen molar-refractivity contribution in [3.8, 4) is 0 Å². The summed E-state index contributed by atoms with van der Waals surface area (Å²) in [6.07, 6.45) is 24.6. The van der Waals surface area contributed by atoms with Gasteiger partial charge in [0, 0.05) is 28.2 Å². The number of fused-ring (bicyclic) bond motifs is 1. The maximum Gasteiger partial charge on any atom is 0.0500 e. The maximum atomic E-state index is 4.51. The van der Waals surface area contributed by atoms with Crippen molar-refractivity contribution in [1.29, 1.82) is 0 Å². The van der Waals surface area contributed by atoms with Crippen LogP contribution < -0.4 is 10.4 Å². The fourth-order valence-corrected chi connectivity index (χ4v) is 5.25. The highest BCUT2D eigenvalue weighted by atomic mass is 15.0. The Bertz CT molecular complexity index is 1120. The molecule has 1 heterocycles. The van der Waals surface area contributed by atoms with Crippen LogP contribution in [0.4, 0.5) is 0 Å². The van der Waals surface area contributed by atoms with E-state index < -0.39 is 0 Å². The molecule has 196 valence electrons. The molecule has 0 saturated carbocycles. The normalized spacial score (nSPS) is 11.8. The quantitative estimate of drug-likeness (QED) is 0.221. The molecular weight excluding hydrogens is 434 g/mol. The molecule has 0 bridgehead atoms. The predicted octanol–water partition coefficient (Wildman–Crippen LogP) is 9.91. The van der Waals surface area contributed by atoms with E-state index in [0.29, 0.717) is 6.04 Å². The molecule has 1 heteroatoms. The molecule has 2 aromatic rings. The smallest absolute Gasteiger partial charge is 0.0500 e. The number of allylic oxidation sites excluding steroid dienone is 2. The van der Waals surface area contributed by atoms with Gasteiger partial charge in [0.15, 0.2) is 0 Å². The van der Waals surface area contributed by atoms with Gasteiger partial charge in [0.2, 0.25) is 0 Å². The van der Waals surface area contributed by atoms with Gasteiger partial charge in [0.05, 0.1) is 0 Å². The van der Waals surface area contributed by atoms with Crippen LogP contribution in [0, 0.1) is 0 Å². The summed E-state index contributed by atoms with van der Waals surface area (Å²) in [5, 5.41) is 3.33. The Hall–Kier alpha value is -2.54. The summed E-state index contributed by atoms with van der Waals surface area (Å²) in [6.45, 7) is 17.6. The molecule has 0 atom stereocenters. The minimum Gasteiger partial charge on any atom is -0.337 e. The molecule has 0 spiro atoms. The summed E-state index contributed by atoms with van der Waals surface area (Å²) in [5.41, 5.74) is 3.86. The number of aromatic nitrogens is 1. The standard InChI is InChI=1S/C35H51N/c1-7-11-13-15-17-25-31(26-18-16-14-12-8-2)36-33(22-10-4)32(21-9-3)35-30(6)24-20-19-23-29(5)27-28-34(35)36/h9-10,19-24,27-28,31H,5-8,11-18,25-26H2,1-4H3/b21-9-,22-10-,23-19?,24-20?,28-27?. The first-order valence-corrected chi connectivity index (χ1v) is 14.5. The summed E-state index contributed by atoms with van der Waals surface area (Å²) in [6, 6.07) is 13.3. The van der Waals surface area contributed by atoms with E-state index in [9.17, 15) is 0 Å². The van der Waals surface area contributed by atoms with Crippen LogP contribution in [-0.4, -0.2) is 4.57 Å². The first kappa shape index (κ1) is 29.7. The first-order valence-electron chi connectivity index (χ1n) is 14.5. The van der Waals surface area contributed by atoms with E-state index in [1.165, 1.54) is 99.2 Å². The van der Waals surface area contributed by atoms with Gasteiger partial charge in [-0.2, -0.15) is 0 Å². The largest absolute Gasteiger partial charge is 0.337 e. The summed E-state index contributed by atoms with van der Waals surface area (Å²) >= 11 is 0. The predicted molar refractivity (Wildman–Crippen MR) is 165 cm³/mol. The van der Waals surface area contributed by atoms with Gasteiger partial charge in [-0.15, -0.1) is 0 Å². The van der Waals surface area contributed by atoms with E-state index in [1.807, 2.05) is 0 Å². The van der Waals surface area contributed by atoms with E-state index in [-0.39, 0.29) is 0 Å². The van der Waals surface area contributed by atoms with Crippen LogP contribution in [0.25, 0.3) is 36.2 Å². The molecule has 0 N–H and O–H groups in total. The monoisotopic (exact) mass is 485 g/mol. The van der Waals surface area contributed by atoms with Crippen molar-refractivity contribution in [2.45, 2.75) is 111 Å². The lowest BCUT2D eigenvalue weighted by atomic mass is 9.99. The minimum atomic E-state index is 0.486. The molecule has 0 unspecified atom stereocenters. The maximum absolute atomic E-state index is 4.51. The molecule has 0 radical (unpaired) electrons. The second-order valence-electron chi connectivity index (χ2n) is 10.1. The molecule has 2 rings (SSSR count). The molecule has 0 aliphatic carbocycles. The molecule has 1 aromatic carbocycles. The highest BCUT2D eigenvalue weighted by Crippen LogP contribution is 2.34. The van der Waals surface area contributed by atoms with Crippen molar-refractivity contribution in [1.82, 2.24) is 4.57 Å². The van der Waals surface area contributed by atoms with Crippen LogP contribution in [0.1, 0.15) is 122 Å². The third-order valence-electron chi connectivity index (χ3n) is 7.12. The van der Waals surface area contributed by atoms with E-state index in [1.54, 1.807) is 0 Å². The molecule has 1 nitrogen and oxygen atoms in total. The van der Waals surface area contributed by atoms with Crippen LogP contribution in [0.15, 0.2) is 48.6 Å². The highest BCUT2D eigenvalue weighted by Gasteiger charge is 2.20. The minimum absolute atomic E-state index is 0.486. The van der Waals surface area contributed by atoms with Crippen LogP contribution >= 0.6 is 0 Å². The van der Waals surface area contributed by atoms with Crippen molar-refractivity contribution in [2.75, 3.05) is 0 Å². The van der Waals surface area contributed by atoms with E-state index in [2.05, 4.69) is 106 Å². The second-order valence-corrected chi connectivity index (χ2v) is 10.1. The lowest BCUT2D eigenvalue weighted by molar-refractivity contribution is 0.402. The third-order valence-corrected chi connectivity index (χ3v) is 7.12. The fourth-order valence-electron chi connectivity index (χ4n) is 5.25. The molecular formula is C35H51N. The van der Waals surface area contributed by atoms with Gasteiger partial charge in [0.1, 0.15) is 0 Å². The SMILES string of the molecule is C=c1ccccc(=C)c2c(/C=C\C)c(/C=C\C)n(C(CCCCCCC)CCCCCCC)c2cc1. The van der Waals surface area contributed by atoms with Gasteiger partial charge in [-0.3, -0.25) is 0 Å². The number of hydrogen-bond donors (Lipinski definition) is 0. The molecule has 0 aliphatic rings. The zero-order valence-electron chi connectivity index (χ0n) is 23.7. The van der Waals surface area contributed by atoms with Gasteiger partial charge in [-0.1, -0.05) is 140 Å². The van der Waals surface area contributed by atoms with Crippen molar-refractivity contribution < 1.29 is 0 Å². The van der Waals surface area contributed by atoms with Gasteiger partial charge >= 0.3 is 0 Å². The van der Waals surface area contributed by atoms with E-state index >= 15 is 0 Å². The van der Waals surface area contributed by atoms with Crippen LogP contribution in [-0.2, 0) is 0 Å². The molecule has 0 amide bonds. The summed E-state index contributed by atoms with van der Waals surface area (Å²) in [4.78, 5) is 0. The molecule has 36 heavy (non-hydrogen) atoms. The highest BCUT2D eigenvalue weighted by molar-refractivity contribution is 5.94. The van der Waals surface area contributed by atoms with Gasteiger partial charge < -0.3 is 4.57 Å². The molecule has 1 aromatic heterocycles. The average molecular weight is 486 g/mol. The van der Waals surface area contributed by atoms with Crippen molar-refractivity contribution in [3.05, 3.63) is 70.2 Å². The van der Waals surface area contributed by atoms with Crippen molar-refractivity contribution in [2.24, 2.45) is 0 Å². The first-order chi connectivity index (χ1) is 17.6. The lowest BCUT2D eigenvalue weighted by Crippen LogP contribution is -2.11. The number of hydrogen-bond acceptors (Lipinski definition) is 0. The van der Waals surface area contributed by atoms with Gasteiger partial charge in [-0.25, -0.2) is 0 Å². The molecule has 0 fully saturated rings. The Balaban J connectivity index is 2.74. The molecule has 0 saturated heterocycles. The van der Waals surface area contributed by atoms with Crippen LogP contribution in [0.5, 0.6) is 0 Å². The number of nitrogens with zero attached hydrogens (tertiary/aromatic N) is 1. The Morgan fingerprint density at radius 1 is 0.722 bits per heavy atom. The summed E-state index contributed by atoms with van der Waals surface area (Å²) in [7, 11) is 0. The zero-order valence-corrected chi connectivity index (χ0v) is 23.7.